The number of hydrogen-bond acceptors (Lipinski definition) is 2. The molecule has 2 rings (SSSR count). The average Bonchev–Trinajstić information content (AvgIpc) is 2.45. The Hall–Kier alpha value is -0.890. The van der Waals surface area contributed by atoms with E-state index in [0.717, 1.165) is 18.9 Å². The molecule has 18 heavy (non-hydrogen) atoms. The van der Waals surface area contributed by atoms with Crippen molar-refractivity contribution in [3.63, 3.8) is 0 Å². The van der Waals surface area contributed by atoms with Crippen molar-refractivity contribution in [3.8, 4) is 0 Å². The van der Waals surface area contributed by atoms with Crippen molar-refractivity contribution in [2.75, 3.05) is 6.54 Å². The van der Waals surface area contributed by atoms with E-state index in [1.807, 2.05) is 18.5 Å². The third kappa shape index (κ3) is 4.09. The number of nitrogens with one attached hydrogen (secondary N) is 1. The summed E-state index contributed by atoms with van der Waals surface area (Å²) in [5.41, 5.74) is 1.37. The Morgan fingerprint density at radius 3 is 2.83 bits per heavy atom. The van der Waals surface area contributed by atoms with Crippen LogP contribution in [0.25, 0.3) is 0 Å². The van der Waals surface area contributed by atoms with E-state index in [2.05, 4.69) is 23.3 Å². The van der Waals surface area contributed by atoms with Crippen molar-refractivity contribution < 1.29 is 0 Å². The van der Waals surface area contributed by atoms with Gasteiger partial charge in [-0.15, -0.1) is 0 Å². The maximum Gasteiger partial charge on any atom is 0.0300 e. The van der Waals surface area contributed by atoms with Gasteiger partial charge in [0.15, 0.2) is 0 Å². The highest BCUT2D eigenvalue weighted by molar-refractivity contribution is 5.10. The van der Waals surface area contributed by atoms with E-state index >= 15 is 0 Å². The molecule has 0 bridgehead atoms. The second-order valence-electron chi connectivity index (χ2n) is 5.52. The van der Waals surface area contributed by atoms with Crippen molar-refractivity contribution in [1.29, 1.82) is 0 Å². The Morgan fingerprint density at radius 2 is 2.17 bits per heavy atom. The van der Waals surface area contributed by atoms with Crippen molar-refractivity contribution in [3.05, 3.63) is 30.1 Å². The van der Waals surface area contributed by atoms with Gasteiger partial charge in [-0.05, 0) is 49.8 Å². The summed E-state index contributed by atoms with van der Waals surface area (Å²) >= 11 is 0. The van der Waals surface area contributed by atoms with Crippen LogP contribution in [0, 0.1) is 5.92 Å². The lowest BCUT2D eigenvalue weighted by molar-refractivity contribution is 0.267. The molecule has 1 saturated carbocycles. The van der Waals surface area contributed by atoms with Crippen LogP contribution in [0.2, 0.25) is 0 Å². The normalized spacial score (nSPS) is 18.7. The Bertz CT molecular complexity index is 317. The minimum absolute atomic E-state index is 0.648. The molecule has 1 unspecified atom stereocenters. The molecule has 1 aliphatic rings. The fourth-order valence-electron chi connectivity index (χ4n) is 3.04. The summed E-state index contributed by atoms with van der Waals surface area (Å²) in [5, 5.41) is 3.76. The standard InChI is InChI=1S/C16H26N2/c1-2-10-18-16(15-8-4-3-5-9-15)12-14-7-6-11-17-13-14/h6-7,11,13,15-16,18H,2-5,8-10,12H2,1H3. The lowest BCUT2D eigenvalue weighted by Crippen LogP contribution is -2.39. The molecular formula is C16H26N2. The van der Waals surface area contributed by atoms with Gasteiger partial charge in [0.1, 0.15) is 0 Å². The first-order valence-electron chi connectivity index (χ1n) is 7.52. The van der Waals surface area contributed by atoms with E-state index in [9.17, 15) is 0 Å². The van der Waals surface area contributed by atoms with E-state index in [1.54, 1.807) is 0 Å². The van der Waals surface area contributed by atoms with Gasteiger partial charge in [-0.25, -0.2) is 0 Å². The average molecular weight is 246 g/mol. The van der Waals surface area contributed by atoms with Crippen molar-refractivity contribution in [2.45, 2.75) is 57.9 Å². The first-order valence-corrected chi connectivity index (χ1v) is 7.52. The molecular weight excluding hydrogens is 220 g/mol. The van der Waals surface area contributed by atoms with Crippen LogP contribution < -0.4 is 5.32 Å². The van der Waals surface area contributed by atoms with Crippen LogP contribution in [-0.4, -0.2) is 17.6 Å². The molecule has 1 N–H and O–H groups in total. The molecule has 100 valence electrons. The van der Waals surface area contributed by atoms with Crippen molar-refractivity contribution in [2.24, 2.45) is 5.92 Å². The van der Waals surface area contributed by atoms with Gasteiger partial charge in [0.05, 0.1) is 0 Å². The largest absolute Gasteiger partial charge is 0.313 e. The minimum atomic E-state index is 0.648. The molecule has 0 aromatic carbocycles. The van der Waals surface area contributed by atoms with E-state index in [1.165, 1.54) is 44.1 Å². The zero-order chi connectivity index (χ0) is 12.6. The van der Waals surface area contributed by atoms with Crippen molar-refractivity contribution in [1.82, 2.24) is 10.3 Å². The summed E-state index contributed by atoms with van der Waals surface area (Å²) in [5.74, 6) is 0.866. The lowest BCUT2D eigenvalue weighted by Gasteiger charge is -2.31. The topological polar surface area (TPSA) is 24.9 Å². The monoisotopic (exact) mass is 246 g/mol. The zero-order valence-corrected chi connectivity index (χ0v) is 11.6. The fourth-order valence-corrected chi connectivity index (χ4v) is 3.04. The van der Waals surface area contributed by atoms with E-state index in [-0.39, 0.29) is 0 Å². The fraction of sp³-hybridized carbons (Fsp3) is 0.688. The van der Waals surface area contributed by atoms with E-state index < -0.39 is 0 Å². The molecule has 1 aromatic heterocycles. The summed E-state index contributed by atoms with van der Waals surface area (Å²) in [6.45, 7) is 3.39. The van der Waals surface area contributed by atoms with Gasteiger partial charge < -0.3 is 5.32 Å². The van der Waals surface area contributed by atoms with Gasteiger partial charge in [0.2, 0.25) is 0 Å². The molecule has 1 aliphatic carbocycles. The van der Waals surface area contributed by atoms with Crippen LogP contribution in [0.1, 0.15) is 51.0 Å². The highest BCUT2D eigenvalue weighted by Crippen LogP contribution is 2.28. The zero-order valence-electron chi connectivity index (χ0n) is 11.6. The maximum atomic E-state index is 4.24. The molecule has 0 aliphatic heterocycles. The molecule has 0 spiro atoms. The molecule has 1 aromatic rings. The smallest absolute Gasteiger partial charge is 0.0300 e. The Balaban J connectivity index is 1.95. The molecule has 0 radical (unpaired) electrons. The van der Waals surface area contributed by atoms with Gasteiger partial charge in [0, 0.05) is 18.4 Å². The second-order valence-corrected chi connectivity index (χ2v) is 5.52. The molecule has 1 atom stereocenters. The van der Waals surface area contributed by atoms with Crippen LogP contribution in [0.4, 0.5) is 0 Å². The highest BCUT2D eigenvalue weighted by atomic mass is 14.9. The molecule has 2 heteroatoms. The first kappa shape index (κ1) is 13.5. The number of nitrogens with zero attached hydrogens (tertiary/aromatic N) is 1. The van der Waals surface area contributed by atoms with E-state index in [0.29, 0.717) is 6.04 Å². The van der Waals surface area contributed by atoms with Gasteiger partial charge >= 0.3 is 0 Å². The highest BCUT2D eigenvalue weighted by Gasteiger charge is 2.23. The van der Waals surface area contributed by atoms with Crippen LogP contribution in [-0.2, 0) is 6.42 Å². The second kappa shape index (κ2) is 7.52. The summed E-state index contributed by atoms with van der Waals surface area (Å²) in [4.78, 5) is 4.24. The summed E-state index contributed by atoms with van der Waals surface area (Å²) in [7, 11) is 0. The Kier molecular flexibility index (Phi) is 5.66. The first-order chi connectivity index (χ1) is 8.90. The third-order valence-electron chi connectivity index (χ3n) is 4.05. The third-order valence-corrected chi connectivity index (χ3v) is 4.05. The molecule has 0 amide bonds. The van der Waals surface area contributed by atoms with Crippen LogP contribution in [0.5, 0.6) is 0 Å². The Morgan fingerprint density at radius 1 is 1.33 bits per heavy atom. The quantitative estimate of drug-likeness (QED) is 0.830. The number of hydrogen-bond donors (Lipinski definition) is 1. The van der Waals surface area contributed by atoms with Gasteiger partial charge in [0.25, 0.3) is 0 Å². The summed E-state index contributed by atoms with van der Waals surface area (Å²) < 4.78 is 0. The molecule has 1 heterocycles. The maximum absolute atomic E-state index is 4.24. The molecule has 1 fully saturated rings. The predicted octanol–water partition coefficient (Wildman–Crippen LogP) is 3.57. The van der Waals surface area contributed by atoms with E-state index in [4.69, 9.17) is 0 Å². The SMILES string of the molecule is CCCNC(Cc1cccnc1)C1CCCCC1. The van der Waals surface area contributed by atoms with Crippen LogP contribution in [0.3, 0.4) is 0 Å². The number of pyridine rings is 1. The van der Waals surface area contributed by atoms with Gasteiger partial charge in [-0.3, -0.25) is 4.98 Å². The minimum Gasteiger partial charge on any atom is -0.313 e. The van der Waals surface area contributed by atoms with Crippen LogP contribution >= 0.6 is 0 Å². The summed E-state index contributed by atoms with van der Waals surface area (Å²) in [6, 6.07) is 4.90. The Labute approximate surface area is 111 Å². The summed E-state index contributed by atoms with van der Waals surface area (Å²) in [6.07, 6.45) is 13.3. The number of rotatable bonds is 6. The van der Waals surface area contributed by atoms with Crippen LogP contribution in [0.15, 0.2) is 24.5 Å². The predicted molar refractivity (Wildman–Crippen MR) is 76.6 cm³/mol. The van der Waals surface area contributed by atoms with Gasteiger partial charge in [-0.1, -0.05) is 32.3 Å². The van der Waals surface area contributed by atoms with Gasteiger partial charge in [-0.2, -0.15) is 0 Å². The molecule has 2 nitrogen and oxygen atoms in total. The van der Waals surface area contributed by atoms with Crippen molar-refractivity contribution >= 4 is 0 Å². The lowest BCUT2D eigenvalue weighted by atomic mass is 9.81. The number of aromatic nitrogens is 1. The molecule has 0 saturated heterocycles.